The second kappa shape index (κ2) is 10.0. The van der Waals surface area contributed by atoms with E-state index in [2.05, 4.69) is 16.2 Å². The van der Waals surface area contributed by atoms with Gasteiger partial charge in [-0.15, -0.1) is 11.6 Å². The van der Waals surface area contributed by atoms with Gasteiger partial charge in [-0.1, -0.05) is 40.9 Å². The summed E-state index contributed by atoms with van der Waals surface area (Å²) in [7, 11) is 0. The zero-order valence-electron chi connectivity index (χ0n) is 16.1. The molecule has 0 unspecified atom stereocenters. The lowest BCUT2D eigenvalue weighted by atomic mass is 9.94. The van der Waals surface area contributed by atoms with E-state index in [1.165, 1.54) is 6.07 Å². The molecule has 0 saturated carbocycles. The third-order valence-electron chi connectivity index (χ3n) is 4.23. The summed E-state index contributed by atoms with van der Waals surface area (Å²) in [5, 5.41) is 4.18. The summed E-state index contributed by atoms with van der Waals surface area (Å²) in [5.41, 5.74) is 6.63. The van der Waals surface area contributed by atoms with Gasteiger partial charge in [0, 0.05) is 27.5 Å². The maximum Gasteiger partial charge on any atom is 0.267 e. The average Bonchev–Trinajstić information content (AvgIpc) is 2.65. The fourth-order valence-corrected chi connectivity index (χ4v) is 3.25. The van der Waals surface area contributed by atoms with Crippen LogP contribution in [-0.2, 0) is 11.3 Å². The van der Waals surface area contributed by atoms with Crippen LogP contribution in [0.1, 0.15) is 35.3 Å². The Hall–Kier alpha value is -1.50. The first-order chi connectivity index (χ1) is 13.5. The number of amides is 2. The minimum absolute atomic E-state index is 0.135. The Bertz CT molecular complexity index is 932. The van der Waals surface area contributed by atoms with E-state index in [9.17, 15) is 9.59 Å². The molecule has 0 saturated heterocycles. The van der Waals surface area contributed by atoms with Gasteiger partial charge in [-0.3, -0.25) is 15.0 Å². The summed E-state index contributed by atoms with van der Waals surface area (Å²) in [6.07, 6.45) is 0. The van der Waals surface area contributed by atoms with Crippen LogP contribution in [0.4, 0.5) is 5.69 Å². The molecular formula is C20H21Cl4N3O2. The number of nitrogens with one attached hydrogen (secondary N) is 3. The van der Waals surface area contributed by atoms with Crippen molar-refractivity contribution >= 4 is 63.9 Å². The molecular weight excluding hydrogens is 456 g/mol. The highest BCUT2D eigenvalue weighted by molar-refractivity contribution is 6.35. The number of hydrogen-bond acceptors (Lipinski definition) is 3. The van der Waals surface area contributed by atoms with E-state index in [1.807, 2.05) is 0 Å². The molecule has 3 N–H and O–H groups in total. The number of hydrogen-bond donors (Lipinski definition) is 3. The van der Waals surface area contributed by atoms with Crippen molar-refractivity contribution in [3.05, 3.63) is 62.1 Å². The lowest BCUT2D eigenvalue weighted by molar-refractivity contribution is -0.122. The number of carbonyl (C=O) groups is 2. The Morgan fingerprint density at radius 2 is 1.72 bits per heavy atom. The van der Waals surface area contributed by atoms with Crippen molar-refractivity contribution in [2.24, 2.45) is 5.41 Å². The molecule has 2 aromatic rings. The van der Waals surface area contributed by atoms with Gasteiger partial charge < -0.3 is 5.32 Å². The Morgan fingerprint density at radius 3 is 2.34 bits per heavy atom. The van der Waals surface area contributed by atoms with E-state index < -0.39 is 11.3 Å². The molecule has 9 heteroatoms. The van der Waals surface area contributed by atoms with E-state index >= 15 is 0 Å². The first-order valence-electron chi connectivity index (χ1n) is 8.70. The first kappa shape index (κ1) is 23.8. The Balaban J connectivity index is 2.17. The van der Waals surface area contributed by atoms with Crippen molar-refractivity contribution in [2.45, 2.75) is 27.3 Å². The minimum atomic E-state index is -0.801. The van der Waals surface area contributed by atoms with E-state index in [1.54, 1.807) is 45.0 Å². The smallest absolute Gasteiger partial charge is 0.267 e. The zero-order valence-corrected chi connectivity index (χ0v) is 19.2. The molecule has 0 aliphatic carbocycles. The molecule has 156 valence electrons. The number of carbonyl (C=O) groups excluding carboxylic acids is 2. The van der Waals surface area contributed by atoms with E-state index in [0.717, 1.165) is 5.56 Å². The summed E-state index contributed by atoms with van der Waals surface area (Å²) in [5.74, 6) is -0.622. The number of alkyl halides is 1. The largest absolute Gasteiger partial charge is 0.325 e. The van der Waals surface area contributed by atoms with Gasteiger partial charge in [0.2, 0.25) is 5.91 Å². The second-order valence-electron chi connectivity index (χ2n) is 7.16. The van der Waals surface area contributed by atoms with Gasteiger partial charge in [-0.25, -0.2) is 5.43 Å². The summed E-state index contributed by atoms with van der Waals surface area (Å²) in [6.45, 7) is 5.48. The fraction of sp³-hybridized carbons (Fsp3) is 0.300. The number of aryl methyl sites for hydroxylation is 1. The van der Waals surface area contributed by atoms with Gasteiger partial charge >= 0.3 is 0 Å². The summed E-state index contributed by atoms with van der Waals surface area (Å²) < 4.78 is 0. The number of halogens is 4. The Morgan fingerprint density at radius 1 is 1.03 bits per heavy atom. The van der Waals surface area contributed by atoms with Gasteiger partial charge in [0.05, 0.1) is 16.7 Å². The Kier molecular flexibility index (Phi) is 8.20. The van der Waals surface area contributed by atoms with Crippen molar-refractivity contribution in [1.29, 1.82) is 0 Å². The van der Waals surface area contributed by atoms with Crippen molar-refractivity contribution in [3.63, 3.8) is 0 Å². The SMILES string of the molecule is Cc1cc(Cl)cc(C(=O)NNCc2ccc(Cl)cc2Cl)c1NC(=O)C(C)(C)CCl. The van der Waals surface area contributed by atoms with Crippen LogP contribution in [-0.4, -0.2) is 17.7 Å². The normalized spacial score (nSPS) is 11.3. The molecule has 2 rings (SSSR count). The molecule has 2 aromatic carbocycles. The van der Waals surface area contributed by atoms with Crippen LogP contribution in [0.2, 0.25) is 15.1 Å². The summed E-state index contributed by atoms with van der Waals surface area (Å²) >= 11 is 24.0. The predicted octanol–water partition coefficient (Wildman–Crippen LogP) is 5.59. The zero-order chi connectivity index (χ0) is 21.8. The topological polar surface area (TPSA) is 70.2 Å². The van der Waals surface area contributed by atoms with Gasteiger partial charge in [-0.05, 0) is 56.2 Å². The lowest BCUT2D eigenvalue weighted by Crippen LogP contribution is -2.38. The van der Waals surface area contributed by atoms with Gasteiger partial charge in [0.25, 0.3) is 5.91 Å². The van der Waals surface area contributed by atoms with Crippen LogP contribution in [0.15, 0.2) is 30.3 Å². The number of hydrazine groups is 1. The molecule has 0 radical (unpaired) electrons. The van der Waals surface area contributed by atoms with Crippen molar-refractivity contribution < 1.29 is 9.59 Å². The molecule has 0 aliphatic heterocycles. The monoisotopic (exact) mass is 475 g/mol. The van der Waals surface area contributed by atoms with Crippen LogP contribution in [0, 0.1) is 12.3 Å². The van der Waals surface area contributed by atoms with Gasteiger partial charge in [-0.2, -0.15) is 0 Å². The van der Waals surface area contributed by atoms with Crippen LogP contribution in [0.3, 0.4) is 0 Å². The van der Waals surface area contributed by atoms with E-state index in [4.69, 9.17) is 46.4 Å². The molecule has 2 amide bonds. The molecule has 29 heavy (non-hydrogen) atoms. The maximum atomic E-state index is 12.7. The fourth-order valence-electron chi connectivity index (χ4n) is 2.38. The number of benzene rings is 2. The van der Waals surface area contributed by atoms with Gasteiger partial charge in [0.1, 0.15) is 0 Å². The van der Waals surface area contributed by atoms with Gasteiger partial charge in [0.15, 0.2) is 0 Å². The molecule has 5 nitrogen and oxygen atoms in total. The summed E-state index contributed by atoms with van der Waals surface area (Å²) in [4.78, 5) is 25.3. The highest BCUT2D eigenvalue weighted by Gasteiger charge is 2.28. The third kappa shape index (κ3) is 6.24. The molecule has 0 bridgehead atoms. The van der Waals surface area contributed by atoms with Crippen LogP contribution >= 0.6 is 46.4 Å². The molecule has 0 heterocycles. The maximum absolute atomic E-state index is 12.7. The molecule has 0 fully saturated rings. The molecule has 0 atom stereocenters. The molecule has 0 spiro atoms. The predicted molar refractivity (Wildman–Crippen MR) is 120 cm³/mol. The third-order valence-corrected chi connectivity index (χ3v) is 5.70. The number of anilines is 1. The van der Waals surface area contributed by atoms with Crippen molar-refractivity contribution in [2.75, 3.05) is 11.2 Å². The van der Waals surface area contributed by atoms with Crippen molar-refractivity contribution in [3.8, 4) is 0 Å². The second-order valence-corrected chi connectivity index (χ2v) is 8.71. The quantitative estimate of drug-likeness (QED) is 0.360. The first-order valence-corrected chi connectivity index (χ1v) is 10.4. The average molecular weight is 477 g/mol. The lowest BCUT2D eigenvalue weighted by Gasteiger charge is -2.22. The van der Waals surface area contributed by atoms with Crippen LogP contribution in [0.5, 0.6) is 0 Å². The van der Waals surface area contributed by atoms with E-state index in [0.29, 0.717) is 26.3 Å². The standard InChI is InChI=1S/C20H21Cl4N3O2/c1-11-6-14(23)7-15(17(11)26-19(29)20(2,3)10-21)18(28)27-25-9-12-4-5-13(22)8-16(12)24/h4-8,25H,9-10H2,1-3H3,(H,26,29)(H,27,28). The van der Waals surface area contributed by atoms with E-state index in [-0.39, 0.29) is 23.9 Å². The van der Waals surface area contributed by atoms with Crippen LogP contribution in [0.25, 0.3) is 0 Å². The summed E-state index contributed by atoms with van der Waals surface area (Å²) in [6, 6.07) is 8.24. The highest BCUT2D eigenvalue weighted by Crippen LogP contribution is 2.28. The van der Waals surface area contributed by atoms with Crippen LogP contribution < -0.4 is 16.2 Å². The van der Waals surface area contributed by atoms with Crippen molar-refractivity contribution in [1.82, 2.24) is 10.9 Å². The highest BCUT2D eigenvalue weighted by atomic mass is 35.5. The minimum Gasteiger partial charge on any atom is -0.325 e. The number of rotatable bonds is 7. The molecule has 0 aliphatic rings. The Labute approximate surface area is 190 Å². The molecule has 0 aromatic heterocycles.